The van der Waals surface area contributed by atoms with Gasteiger partial charge in [-0.1, -0.05) is 24.4 Å². The van der Waals surface area contributed by atoms with Crippen LogP contribution in [0.15, 0.2) is 12.1 Å². The van der Waals surface area contributed by atoms with Crippen molar-refractivity contribution in [1.29, 1.82) is 0 Å². The molecule has 3 nitrogen and oxygen atoms in total. The molecule has 1 heterocycles. The predicted molar refractivity (Wildman–Crippen MR) is 73.7 cm³/mol. The molecule has 1 fully saturated rings. The Bertz CT molecular complexity index is 433. The molecular weight excluding hydrogens is 273 g/mol. The van der Waals surface area contributed by atoms with Crippen molar-refractivity contribution < 1.29 is 9.47 Å². The van der Waals surface area contributed by atoms with Crippen LogP contribution in [-0.2, 0) is 0 Å². The number of nitrogens with two attached hydrogens (primary N) is 1. The van der Waals surface area contributed by atoms with Gasteiger partial charge in [0, 0.05) is 17.1 Å². The van der Waals surface area contributed by atoms with E-state index in [1.807, 2.05) is 12.1 Å². The van der Waals surface area contributed by atoms with Crippen LogP contribution in [0.3, 0.4) is 0 Å². The van der Waals surface area contributed by atoms with Gasteiger partial charge in [0.2, 0.25) is 6.79 Å². The molecule has 1 atom stereocenters. The van der Waals surface area contributed by atoms with Gasteiger partial charge in [0.25, 0.3) is 0 Å². The SMILES string of the molecule is Cl.N[C@H](c1cc2c(cc1Cl)OCO2)C1CCCC1. The molecule has 1 aromatic carbocycles. The Morgan fingerprint density at radius 1 is 1.17 bits per heavy atom. The van der Waals surface area contributed by atoms with Crippen LogP contribution in [-0.4, -0.2) is 6.79 Å². The van der Waals surface area contributed by atoms with Crippen LogP contribution in [0.2, 0.25) is 5.02 Å². The molecule has 1 aliphatic heterocycles. The Hall–Kier alpha value is -0.640. The molecule has 0 bridgehead atoms. The first-order valence-corrected chi connectivity index (χ1v) is 6.48. The van der Waals surface area contributed by atoms with Gasteiger partial charge < -0.3 is 15.2 Å². The van der Waals surface area contributed by atoms with Gasteiger partial charge in [-0.25, -0.2) is 0 Å². The maximum atomic E-state index is 6.31. The van der Waals surface area contributed by atoms with Crippen LogP contribution in [0, 0.1) is 5.92 Å². The fourth-order valence-corrected chi connectivity index (χ4v) is 3.04. The molecular formula is C13H17Cl2NO2. The topological polar surface area (TPSA) is 44.5 Å². The van der Waals surface area contributed by atoms with Crippen molar-refractivity contribution in [3.63, 3.8) is 0 Å². The number of benzene rings is 1. The number of hydrogen-bond acceptors (Lipinski definition) is 3. The van der Waals surface area contributed by atoms with Gasteiger partial charge in [-0.05, 0) is 30.4 Å². The molecule has 1 aromatic rings. The maximum Gasteiger partial charge on any atom is 0.231 e. The molecule has 2 aliphatic rings. The summed E-state index contributed by atoms with van der Waals surface area (Å²) in [6, 6.07) is 3.77. The molecule has 3 rings (SSSR count). The second kappa shape index (κ2) is 5.55. The van der Waals surface area contributed by atoms with E-state index in [4.69, 9.17) is 26.8 Å². The van der Waals surface area contributed by atoms with Gasteiger partial charge >= 0.3 is 0 Å². The predicted octanol–water partition coefficient (Wildman–Crippen LogP) is 3.68. The molecule has 2 N–H and O–H groups in total. The molecule has 1 saturated carbocycles. The van der Waals surface area contributed by atoms with Crippen molar-refractivity contribution in [2.45, 2.75) is 31.7 Å². The highest BCUT2D eigenvalue weighted by molar-refractivity contribution is 6.31. The average Bonchev–Trinajstić information content (AvgIpc) is 2.97. The molecule has 0 amide bonds. The quantitative estimate of drug-likeness (QED) is 0.903. The highest BCUT2D eigenvalue weighted by Crippen LogP contribution is 2.42. The molecule has 0 aromatic heterocycles. The summed E-state index contributed by atoms with van der Waals surface area (Å²) in [6.07, 6.45) is 4.96. The summed E-state index contributed by atoms with van der Waals surface area (Å²) in [4.78, 5) is 0. The maximum absolute atomic E-state index is 6.31. The van der Waals surface area contributed by atoms with Crippen molar-refractivity contribution in [3.05, 3.63) is 22.7 Å². The van der Waals surface area contributed by atoms with Crippen molar-refractivity contribution in [2.75, 3.05) is 6.79 Å². The van der Waals surface area contributed by atoms with Gasteiger partial charge in [0.1, 0.15) is 0 Å². The third-order valence-electron chi connectivity index (χ3n) is 3.76. The Labute approximate surface area is 118 Å². The molecule has 1 aliphatic carbocycles. The summed E-state index contributed by atoms with van der Waals surface area (Å²) in [5.41, 5.74) is 7.30. The second-order valence-electron chi connectivity index (χ2n) is 4.80. The Balaban J connectivity index is 0.00000120. The zero-order valence-corrected chi connectivity index (χ0v) is 11.6. The fraction of sp³-hybridized carbons (Fsp3) is 0.538. The Kier molecular flexibility index (Phi) is 4.25. The van der Waals surface area contributed by atoms with E-state index in [0.717, 1.165) is 17.1 Å². The minimum absolute atomic E-state index is 0. The largest absolute Gasteiger partial charge is 0.454 e. The fourth-order valence-electron chi connectivity index (χ4n) is 2.76. The molecule has 0 saturated heterocycles. The van der Waals surface area contributed by atoms with E-state index in [0.29, 0.717) is 10.9 Å². The number of halogens is 2. The van der Waals surface area contributed by atoms with E-state index in [9.17, 15) is 0 Å². The lowest BCUT2D eigenvalue weighted by atomic mass is 9.92. The molecule has 5 heteroatoms. The third-order valence-corrected chi connectivity index (χ3v) is 4.09. The smallest absolute Gasteiger partial charge is 0.231 e. The number of fused-ring (bicyclic) bond motifs is 1. The number of ether oxygens (including phenoxy) is 2. The normalized spacial score (nSPS) is 19.7. The summed E-state index contributed by atoms with van der Waals surface area (Å²) >= 11 is 6.27. The van der Waals surface area contributed by atoms with Crippen molar-refractivity contribution >= 4 is 24.0 Å². The lowest BCUT2D eigenvalue weighted by molar-refractivity contribution is 0.174. The highest BCUT2D eigenvalue weighted by atomic mass is 35.5. The number of hydrogen-bond donors (Lipinski definition) is 1. The first-order chi connectivity index (χ1) is 8.25. The van der Waals surface area contributed by atoms with Crippen LogP contribution >= 0.6 is 24.0 Å². The van der Waals surface area contributed by atoms with Gasteiger partial charge in [-0.2, -0.15) is 0 Å². The Morgan fingerprint density at radius 3 is 2.44 bits per heavy atom. The second-order valence-corrected chi connectivity index (χ2v) is 5.20. The summed E-state index contributed by atoms with van der Waals surface area (Å²) in [6.45, 7) is 0.272. The molecule has 0 radical (unpaired) electrons. The summed E-state index contributed by atoms with van der Waals surface area (Å²) in [5.74, 6) is 2.03. The minimum atomic E-state index is 0. The summed E-state index contributed by atoms with van der Waals surface area (Å²) in [5, 5.41) is 0.689. The van der Waals surface area contributed by atoms with E-state index in [2.05, 4.69) is 0 Å². The van der Waals surface area contributed by atoms with E-state index >= 15 is 0 Å². The summed E-state index contributed by atoms with van der Waals surface area (Å²) < 4.78 is 10.7. The van der Waals surface area contributed by atoms with Gasteiger partial charge in [-0.15, -0.1) is 12.4 Å². The zero-order chi connectivity index (χ0) is 11.8. The first kappa shape index (κ1) is 13.8. The van der Waals surface area contributed by atoms with E-state index in [-0.39, 0.29) is 25.2 Å². The standard InChI is InChI=1S/C13H16ClNO2.ClH/c14-10-6-12-11(16-7-17-12)5-9(10)13(15)8-3-1-2-4-8;/h5-6,8,13H,1-4,7,15H2;1H/t13-;/m0./s1. The van der Waals surface area contributed by atoms with E-state index in [1.165, 1.54) is 25.7 Å². The van der Waals surface area contributed by atoms with E-state index < -0.39 is 0 Å². The van der Waals surface area contributed by atoms with Crippen LogP contribution < -0.4 is 15.2 Å². The van der Waals surface area contributed by atoms with Gasteiger partial charge in [-0.3, -0.25) is 0 Å². The summed E-state index contributed by atoms with van der Waals surface area (Å²) in [7, 11) is 0. The van der Waals surface area contributed by atoms with E-state index in [1.54, 1.807) is 0 Å². The number of rotatable bonds is 2. The molecule has 100 valence electrons. The molecule has 18 heavy (non-hydrogen) atoms. The monoisotopic (exact) mass is 289 g/mol. The first-order valence-electron chi connectivity index (χ1n) is 6.10. The van der Waals surface area contributed by atoms with Gasteiger partial charge in [0.05, 0.1) is 0 Å². The molecule has 0 spiro atoms. The zero-order valence-electron chi connectivity index (χ0n) is 10.0. The van der Waals surface area contributed by atoms with Crippen LogP contribution in [0.25, 0.3) is 0 Å². The van der Waals surface area contributed by atoms with Gasteiger partial charge in [0.15, 0.2) is 11.5 Å². The third kappa shape index (κ3) is 2.40. The van der Waals surface area contributed by atoms with Crippen LogP contribution in [0.5, 0.6) is 11.5 Å². The van der Waals surface area contributed by atoms with Crippen molar-refractivity contribution in [2.24, 2.45) is 11.7 Å². The lowest BCUT2D eigenvalue weighted by Gasteiger charge is -2.20. The minimum Gasteiger partial charge on any atom is -0.454 e. The van der Waals surface area contributed by atoms with Crippen molar-refractivity contribution in [3.8, 4) is 11.5 Å². The van der Waals surface area contributed by atoms with Crippen LogP contribution in [0.1, 0.15) is 37.3 Å². The average molecular weight is 290 g/mol. The molecule has 0 unspecified atom stereocenters. The van der Waals surface area contributed by atoms with Crippen LogP contribution in [0.4, 0.5) is 0 Å². The lowest BCUT2D eigenvalue weighted by Crippen LogP contribution is -2.19. The highest BCUT2D eigenvalue weighted by Gasteiger charge is 2.27. The van der Waals surface area contributed by atoms with Crippen molar-refractivity contribution in [1.82, 2.24) is 0 Å². The Morgan fingerprint density at radius 2 is 1.78 bits per heavy atom.